The number of carbonyl (C=O) groups is 3. The smallest absolute Gasteiger partial charge is 0.310 e. The first-order chi connectivity index (χ1) is 20.4. The van der Waals surface area contributed by atoms with Gasteiger partial charge in [0.05, 0.1) is 23.2 Å². The molecule has 2 aromatic carbocycles. The van der Waals surface area contributed by atoms with Crippen LogP contribution in [0.5, 0.6) is 0 Å². The number of benzene rings is 2. The average molecular weight is 591 g/mol. The molecule has 3 unspecified atom stereocenters. The maximum absolute atomic E-state index is 14.8. The van der Waals surface area contributed by atoms with E-state index in [9.17, 15) is 19.5 Å². The lowest BCUT2D eigenvalue weighted by Crippen LogP contribution is -2.57. The number of nitrogens with zero attached hydrogens (tertiary/aromatic N) is 2. The number of esters is 1. The molecule has 1 N–H and O–H groups in total. The van der Waals surface area contributed by atoms with Gasteiger partial charge < -0.3 is 19.6 Å². The molecule has 7 nitrogen and oxygen atoms in total. The summed E-state index contributed by atoms with van der Waals surface area (Å²) in [7, 11) is 0. The predicted octanol–water partition coefficient (Wildman–Crippen LogP) is 5.37. The van der Waals surface area contributed by atoms with Gasteiger partial charge in [0, 0.05) is 30.6 Å². The van der Waals surface area contributed by atoms with Crippen LogP contribution in [0, 0.1) is 17.8 Å². The fourth-order valence-electron chi connectivity index (χ4n) is 7.34. The third-order valence-electron chi connectivity index (χ3n) is 9.25. The Morgan fingerprint density at radius 2 is 1.88 bits per heavy atom. The number of unbranched alkanes of at least 4 members (excludes halogenated alkanes) is 3. The van der Waals surface area contributed by atoms with Crippen LogP contribution in [0.15, 0.2) is 67.8 Å². The molecular weight excluding hydrogens is 548 g/mol. The Balaban J connectivity index is 1.52. The van der Waals surface area contributed by atoms with E-state index in [0.29, 0.717) is 25.9 Å². The monoisotopic (exact) mass is 590 g/mol. The second-order valence-electron chi connectivity index (χ2n) is 11.7. The summed E-state index contributed by atoms with van der Waals surface area (Å²) in [5.41, 5.74) is 0.763. The number of anilines is 1. The van der Waals surface area contributed by atoms with Gasteiger partial charge in [-0.25, -0.2) is 0 Å². The summed E-state index contributed by atoms with van der Waals surface area (Å²) >= 11 is 1.67. The number of hydrogen-bond donors (Lipinski definition) is 1. The fraction of sp³-hybridized carbons (Fsp3) is 0.500. The van der Waals surface area contributed by atoms with Crippen molar-refractivity contribution in [3.63, 3.8) is 0 Å². The first-order valence-corrected chi connectivity index (χ1v) is 16.0. The Labute approximate surface area is 253 Å². The van der Waals surface area contributed by atoms with Crippen molar-refractivity contribution in [2.24, 2.45) is 17.8 Å². The van der Waals surface area contributed by atoms with E-state index in [2.05, 4.69) is 20.1 Å². The van der Waals surface area contributed by atoms with Crippen LogP contribution in [0.2, 0.25) is 0 Å². The van der Waals surface area contributed by atoms with Gasteiger partial charge in [-0.2, -0.15) is 0 Å². The molecule has 224 valence electrons. The van der Waals surface area contributed by atoms with Crippen molar-refractivity contribution in [2.75, 3.05) is 31.2 Å². The molecule has 3 fully saturated rings. The van der Waals surface area contributed by atoms with Gasteiger partial charge in [-0.1, -0.05) is 62.2 Å². The molecule has 0 radical (unpaired) electrons. The normalized spacial score (nSPS) is 27.7. The molecule has 1 spiro atoms. The number of likely N-dealkylation sites (tertiary alicyclic amines) is 1. The second kappa shape index (κ2) is 13.0. The van der Waals surface area contributed by atoms with Crippen molar-refractivity contribution in [3.8, 4) is 0 Å². The number of fused-ring (bicyclic) bond motifs is 2. The number of aliphatic hydroxyl groups is 1. The molecule has 6 atom stereocenters. The topological polar surface area (TPSA) is 87.2 Å². The minimum Gasteiger partial charge on any atom is -0.465 e. The van der Waals surface area contributed by atoms with Crippen LogP contribution < -0.4 is 4.90 Å². The Bertz CT molecular complexity index is 1350. The molecule has 2 aromatic rings. The van der Waals surface area contributed by atoms with Crippen molar-refractivity contribution in [3.05, 3.63) is 67.8 Å². The number of amides is 2. The summed E-state index contributed by atoms with van der Waals surface area (Å²) in [6.45, 7) is 10.9. The Morgan fingerprint density at radius 3 is 2.62 bits per heavy atom. The van der Waals surface area contributed by atoms with Crippen molar-refractivity contribution in [1.29, 1.82) is 0 Å². The minimum atomic E-state index is -0.706. The van der Waals surface area contributed by atoms with Crippen LogP contribution in [-0.2, 0) is 19.1 Å². The highest BCUT2D eigenvalue weighted by Gasteiger charge is 2.76. The van der Waals surface area contributed by atoms with Gasteiger partial charge in [-0.3, -0.25) is 14.4 Å². The molecule has 2 amide bonds. The zero-order chi connectivity index (χ0) is 29.9. The van der Waals surface area contributed by atoms with Crippen LogP contribution in [-0.4, -0.2) is 70.1 Å². The van der Waals surface area contributed by atoms with Gasteiger partial charge in [-0.05, 0) is 54.5 Å². The molecule has 3 saturated heterocycles. The van der Waals surface area contributed by atoms with E-state index in [4.69, 9.17) is 4.74 Å². The zero-order valence-electron chi connectivity index (χ0n) is 24.5. The maximum Gasteiger partial charge on any atom is 0.310 e. The summed E-state index contributed by atoms with van der Waals surface area (Å²) in [6.07, 6.45) is 7.90. The standard InChI is InChI=1S/C34H42N2O5S/c1-4-6-20-41-33(40)28-27-21-23(3)34(42-27)29(28)31(38)36(18-11-7-8-12-19-37)30(34)32(39)35(17-5-2)26-16-15-24-13-9-10-14-25(24)22-26/h4-5,9-10,13-16,22-23,27-30,37H,1-2,6-8,11-12,17-21H2,3H3/t23?,27-,28+,29-,30?,34?/m0/s1. The van der Waals surface area contributed by atoms with Crippen LogP contribution in [0.1, 0.15) is 45.4 Å². The molecule has 3 aliphatic heterocycles. The molecule has 5 rings (SSSR count). The summed E-state index contributed by atoms with van der Waals surface area (Å²) < 4.78 is 4.93. The fourth-order valence-corrected chi connectivity index (χ4v) is 9.74. The zero-order valence-corrected chi connectivity index (χ0v) is 25.3. The third-order valence-corrected chi connectivity index (χ3v) is 11.3. The van der Waals surface area contributed by atoms with Crippen molar-refractivity contribution in [1.82, 2.24) is 4.90 Å². The molecule has 3 heterocycles. The maximum atomic E-state index is 14.8. The second-order valence-corrected chi connectivity index (χ2v) is 13.3. The van der Waals surface area contributed by atoms with E-state index in [1.807, 2.05) is 42.5 Å². The van der Waals surface area contributed by atoms with E-state index >= 15 is 0 Å². The number of carbonyl (C=O) groups excluding carboxylic acids is 3. The first kappa shape index (κ1) is 30.4. The van der Waals surface area contributed by atoms with Crippen LogP contribution in [0.3, 0.4) is 0 Å². The Hall–Kier alpha value is -3.10. The Morgan fingerprint density at radius 1 is 1.12 bits per heavy atom. The van der Waals surface area contributed by atoms with Crippen LogP contribution in [0.4, 0.5) is 5.69 Å². The minimum absolute atomic E-state index is 0.0549. The molecule has 0 aliphatic carbocycles. The lowest BCUT2D eigenvalue weighted by molar-refractivity contribution is -0.154. The van der Waals surface area contributed by atoms with Crippen molar-refractivity contribution >= 4 is 46.0 Å². The molecule has 3 aliphatic rings. The Kier molecular flexibility index (Phi) is 9.43. The molecule has 0 saturated carbocycles. The number of aliphatic hydroxyl groups excluding tert-OH is 1. The van der Waals surface area contributed by atoms with E-state index in [0.717, 1.165) is 42.1 Å². The van der Waals surface area contributed by atoms with Crippen LogP contribution >= 0.6 is 11.8 Å². The van der Waals surface area contributed by atoms with Gasteiger partial charge in [0.25, 0.3) is 5.91 Å². The largest absolute Gasteiger partial charge is 0.465 e. The predicted molar refractivity (Wildman–Crippen MR) is 168 cm³/mol. The van der Waals surface area contributed by atoms with Gasteiger partial charge in [0.1, 0.15) is 6.04 Å². The highest BCUT2D eigenvalue weighted by molar-refractivity contribution is 8.02. The number of rotatable bonds is 14. The van der Waals surface area contributed by atoms with E-state index in [1.165, 1.54) is 0 Å². The summed E-state index contributed by atoms with van der Waals surface area (Å²) in [5, 5.41) is 11.3. The van der Waals surface area contributed by atoms with Gasteiger partial charge in [-0.15, -0.1) is 24.9 Å². The van der Waals surface area contributed by atoms with Gasteiger partial charge >= 0.3 is 5.97 Å². The molecule has 0 aromatic heterocycles. The van der Waals surface area contributed by atoms with E-state index in [-0.39, 0.29) is 42.2 Å². The summed E-state index contributed by atoms with van der Waals surface area (Å²) in [4.78, 5) is 46.1. The number of ether oxygens (including phenoxy) is 1. The lowest BCUT2D eigenvalue weighted by atomic mass is 9.66. The lowest BCUT2D eigenvalue weighted by Gasteiger charge is -2.40. The van der Waals surface area contributed by atoms with Crippen molar-refractivity contribution < 1.29 is 24.2 Å². The van der Waals surface area contributed by atoms with Gasteiger partial charge in [0.2, 0.25) is 5.91 Å². The average Bonchev–Trinajstić information content (AvgIpc) is 3.59. The quantitative estimate of drug-likeness (QED) is 0.181. The third kappa shape index (κ3) is 5.28. The first-order valence-electron chi connectivity index (χ1n) is 15.2. The van der Waals surface area contributed by atoms with Crippen LogP contribution in [0.25, 0.3) is 10.8 Å². The summed E-state index contributed by atoms with van der Waals surface area (Å²) in [5.74, 6) is -1.66. The summed E-state index contributed by atoms with van der Waals surface area (Å²) in [6, 6.07) is 13.3. The molecule has 2 bridgehead atoms. The van der Waals surface area contributed by atoms with Crippen molar-refractivity contribution in [2.45, 2.75) is 61.5 Å². The highest BCUT2D eigenvalue weighted by Crippen LogP contribution is 2.68. The molecular formula is C34H42N2O5S. The molecule has 8 heteroatoms. The number of hydrogen-bond acceptors (Lipinski definition) is 6. The van der Waals surface area contributed by atoms with E-state index in [1.54, 1.807) is 33.7 Å². The number of thioether (sulfide) groups is 1. The highest BCUT2D eigenvalue weighted by atomic mass is 32.2. The SMILES string of the molecule is C=CCCOC(=O)[C@@H]1[C@@H]2CC(C)C3(S2)C(C(=O)N(CC=C)c2ccc4ccccc4c2)N(CCCCCCO)C(=O)[C@H]13. The molecule has 42 heavy (non-hydrogen) atoms. The van der Waals surface area contributed by atoms with E-state index < -0.39 is 22.6 Å². The van der Waals surface area contributed by atoms with Gasteiger partial charge in [0.15, 0.2) is 0 Å².